The second-order valence-corrected chi connectivity index (χ2v) is 5.86. The second-order valence-electron chi connectivity index (χ2n) is 5.86. The molecule has 0 unspecified atom stereocenters. The van der Waals surface area contributed by atoms with Crippen LogP contribution in [0.3, 0.4) is 0 Å². The molecule has 0 saturated carbocycles. The molecule has 0 saturated heterocycles. The van der Waals surface area contributed by atoms with Crippen LogP contribution in [0.4, 0.5) is 5.69 Å². The van der Waals surface area contributed by atoms with E-state index in [1.165, 1.54) is 0 Å². The molecule has 4 nitrogen and oxygen atoms in total. The highest BCUT2D eigenvalue weighted by molar-refractivity contribution is 6.21. The van der Waals surface area contributed by atoms with Gasteiger partial charge in [0, 0.05) is 17.4 Å². The monoisotopic (exact) mass is 315 g/mol. The molecule has 0 bridgehead atoms. The van der Waals surface area contributed by atoms with E-state index < -0.39 is 0 Å². The summed E-state index contributed by atoms with van der Waals surface area (Å²) in [6.07, 6.45) is 3.69. The van der Waals surface area contributed by atoms with Gasteiger partial charge in [-0.1, -0.05) is 36.4 Å². The lowest BCUT2D eigenvalue weighted by molar-refractivity contribution is 0.440. The first-order valence-corrected chi connectivity index (χ1v) is 7.84. The van der Waals surface area contributed by atoms with E-state index in [-0.39, 0.29) is 5.88 Å². The molecule has 0 aliphatic carbocycles. The van der Waals surface area contributed by atoms with Crippen LogP contribution in [0, 0.1) is 13.8 Å². The minimum absolute atomic E-state index is 0.145. The zero-order chi connectivity index (χ0) is 16.7. The van der Waals surface area contributed by atoms with Crippen LogP contribution in [-0.2, 0) is 0 Å². The quantitative estimate of drug-likeness (QED) is 0.759. The molecule has 0 fully saturated rings. The van der Waals surface area contributed by atoms with Gasteiger partial charge in [-0.25, -0.2) is 4.98 Å². The molecule has 24 heavy (non-hydrogen) atoms. The summed E-state index contributed by atoms with van der Waals surface area (Å²) in [6, 6.07) is 15.9. The maximum Gasteiger partial charge on any atom is 0.223 e. The van der Waals surface area contributed by atoms with Gasteiger partial charge in [0.15, 0.2) is 0 Å². The topological polar surface area (TPSA) is 50.4 Å². The molecule has 2 heterocycles. The van der Waals surface area contributed by atoms with Gasteiger partial charge < -0.3 is 5.11 Å². The molecule has 1 N–H and O–H groups in total. The first kappa shape index (κ1) is 14.5. The lowest BCUT2D eigenvalue weighted by atomic mass is 10.1. The van der Waals surface area contributed by atoms with E-state index in [0.717, 1.165) is 33.9 Å². The molecule has 118 valence electrons. The van der Waals surface area contributed by atoms with Crippen molar-refractivity contribution in [2.45, 2.75) is 13.8 Å². The smallest absolute Gasteiger partial charge is 0.223 e. The van der Waals surface area contributed by atoms with Crippen molar-refractivity contribution >= 4 is 23.6 Å². The van der Waals surface area contributed by atoms with E-state index in [1.54, 1.807) is 4.57 Å². The molecule has 0 atom stereocenters. The van der Waals surface area contributed by atoms with E-state index in [2.05, 4.69) is 9.98 Å². The predicted octanol–water partition coefficient (Wildman–Crippen LogP) is 4.45. The van der Waals surface area contributed by atoms with E-state index in [1.807, 2.05) is 74.7 Å². The molecule has 1 aromatic heterocycles. The number of benzene rings is 2. The lowest BCUT2D eigenvalue weighted by Crippen LogP contribution is -1.98. The van der Waals surface area contributed by atoms with Crippen molar-refractivity contribution in [3.8, 4) is 11.6 Å². The van der Waals surface area contributed by atoms with Gasteiger partial charge in [-0.2, -0.15) is 0 Å². The minimum atomic E-state index is 0.145. The maximum absolute atomic E-state index is 10.7. The largest absolute Gasteiger partial charge is 0.493 e. The van der Waals surface area contributed by atoms with E-state index in [4.69, 9.17) is 0 Å². The van der Waals surface area contributed by atoms with Crippen molar-refractivity contribution in [1.29, 1.82) is 0 Å². The number of aromatic hydroxyl groups is 1. The highest BCUT2D eigenvalue weighted by atomic mass is 16.3. The molecular formula is C20H17N3O. The molecule has 4 rings (SSSR count). The summed E-state index contributed by atoms with van der Waals surface area (Å²) < 4.78 is 1.78. The van der Waals surface area contributed by atoms with Gasteiger partial charge >= 0.3 is 0 Å². The maximum atomic E-state index is 10.7. The molecule has 0 amide bonds. The first-order valence-electron chi connectivity index (χ1n) is 7.84. The number of para-hydroxylation sites is 2. The highest BCUT2D eigenvalue weighted by Gasteiger charge is 2.17. The number of fused-ring (bicyclic) bond motifs is 1. The van der Waals surface area contributed by atoms with Crippen LogP contribution in [0.1, 0.15) is 22.6 Å². The van der Waals surface area contributed by atoms with E-state index >= 15 is 0 Å². The molecule has 3 aromatic rings. The summed E-state index contributed by atoms with van der Waals surface area (Å²) in [4.78, 5) is 8.94. The molecule has 0 radical (unpaired) electrons. The van der Waals surface area contributed by atoms with Gasteiger partial charge in [0.2, 0.25) is 5.88 Å². The number of rotatable bonds is 2. The Morgan fingerprint density at radius 1 is 1.00 bits per heavy atom. The Morgan fingerprint density at radius 2 is 1.75 bits per heavy atom. The summed E-state index contributed by atoms with van der Waals surface area (Å²) in [6.45, 7) is 3.91. The summed E-state index contributed by atoms with van der Waals surface area (Å²) in [5.74, 6) is 0.893. The van der Waals surface area contributed by atoms with Crippen LogP contribution in [0.5, 0.6) is 5.88 Å². The Morgan fingerprint density at radius 3 is 2.58 bits per heavy atom. The fourth-order valence-corrected chi connectivity index (χ4v) is 3.04. The molecule has 2 aromatic carbocycles. The van der Waals surface area contributed by atoms with Gasteiger partial charge in [0.05, 0.1) is 11.4 Å². The van der Waals surface area contributed by atoms with Gasteiger partial charge in [-0.3, -0.25) is 9.56 Å². The number of nitrogens with zero attached hydrogens (tertiary/aromatic N) is 3. The number of aryl methyl sites for hydroxylation is 2. The summed E-state index contributed by atoms with van der Waals surface area (Å²) in [5.41, 5.74) is 5.52. The van der Waals surface area contributed by atoms with Crippen LogP contribution in [0.15, 0.2) is 53.5 Å². The third kappa shape index (κ3) is 2.24. The zero-order valence-corrected chi connectivity index (χ0v) is 13.6. The lowest BCUT2D eigenvalue weighted by Gasteiger charge is -2.09. The van der Waals surface area contributed by atoms with Crippen molar-refractivity contribution in [3.63, 3.8) is 0 Å². The van der Waals surface area contributed by atoms with Crippen molar-refractivity contribution < 1.29 is 5.11 Å². The normalized spacial score (nSPS) is 14.3. The highest BCUT2D eigenvalue weighted by Crippen LogP contribution is 2.34. The standard InChI is InChI=1S/C20H17N3O/c1-13-7-3-6-10-19(13)23-14(2)22-18(20(23)24)11-15-12-21-17-9-5-4-8-16(15)17/h3-12,24H,1-2H3/b15-11+. The molecular weight excluding hydrogens is 298 g/mol. The van der Waals surface area contributed by atoms with Crippen molar-refractivity contribution in [2.75, 3.05) is 0 Å². The van der Waals surface area contributed by atoms with Gasteiger partial charge in [-0.05, 0) is 37.6 Å². The van der Waals surface area contributed by atoms with Gasteiger partial charge in [-0.15, -0.1) is 0 Å². The van der Waals surface area contributed by atoms with Crippen molar-refractivity contribution in [1.82, 2.24) is 9.55 Å². The average molecular weight is 315 g/mol. The fraction of sp³-hybridized carbons (Fsp3) is 0.100. The molecule has 4 heteroatoms. The Hall–Kier alpha value is -3.14. The Balaban J connectivity index is 1.83. The number of imidazole rings is 1. The minimum Gasteiger partial charge on any atom is -0.493 e. The second kappa shape index (κ2) is 5.49. The number of aliphatic imine (C=N–C) groups is 1. The third-order valence-corrected chi connectivity index (χ3v) is 4.25. The Kier molecular flexibility index (Phi) is 3.31. The number of hydrogen-bond acceptors (Lipinski definition) is 3. The predicted molar refractivity (Wildman–Crippen MR) is 97.2 cm³/mol. The summed E-state index contributed by atoms with van der Waals surface area (Å²) in [5, 5.41) is 10.7. The average Bonchev–Trinajstić information content (AvgIpc) is 3.11. The van der Waals surface area contributed by atoms with Gasteiger partial charge in [0.25, 0.3) is 0 Å². The molecule has 1 aliphatic heterocycles. The first-order chi connectivity index (χ1) is 11.6. The Labute approximate surface area is 140 Å². The SMILES string of the molecule is Cc1ccccc1-n1c(C)nc(/C=C2\C=Nc3ccccc32)c1O. The van der Waals surface area contributed by atoms with Crippen molar-refractivity contribution in [3.05, 3.63) is 71.2 Å². The molecule has 1 aliphatic rings. The zero-order valence-electron chi connectivity index (χ0n) is 13.6. The number of allylic oxidation sites excluding steroid dienone is 1. The number of hydrogen-bond donors (Lipinski definition) is 1. The van der Waals surface area contributed by atoms with Crippen LogP contribution >= 0.6 is 0 Å². The Bertz CT molecular complexity index is 996. The summed E-state index contributed by atoms with van der Waals surface area (Å²) in [7, 11) is 0. The summed E-state index contributed by atoms with van der Waals surface area (Å²) >= 11 is 0. The van der Waals surface area contributed by atoms with E-state index in [0.29, 0.717) is 5.69 Å². The third-order valence-electron chi connectivity index (χ3n) is 4.25. The van der Waals surface area contributed by atoms with Crippen LogP contribution in [0.2, 0.25) is 0 Å². The molecule has 0 spiro atoms. The van der Waals surface area contributed by atoms with Crippen molar-refractivity contribution in [2.24, 2.45) is 4.99 Å². The number of aromatic nitrogens is 2. The van der Waals surface area contributed by atoms with Crippen LogP contribution in [-0.4, -0.2) is 20.9 Å². The van der Waals surface area contributed by atoms with Crippen LogP contribution < -0.4 is 0 Å². The van der Waals surface area contributed by atoms with Crippen LogP contribution in [0.25, 0.3) is 17.3 Å². The van der Waals surface area contributed by atoms with Gasteiger partial charge in [0.1, 0.15) is 11.5 Å². The fourth-order valence-electron chi connectivity index (χ4n) is 3.04. The van der Waals surface area contributed by atoms with E-state index in [9.17, 15) is 5.11 Å².